The van der Waals surface area contributed by atoms with Gasteiger partial charge in [0, 0.05) is 62.5 Å². The van der Waals surface area contributed by atoms with Gasteiger partial charge in [-0.1, -0.05) is 60.7 Å². The number of nitrogens with zero attached hydrogens (tertiary/aromatic N) is 5. The summed E-state index contributed by atoms with van der Waals surface area (Å²) in [4.78, 5) is 42.8. The Morgan fingerprint density at radius 2 is 1.57 bits per heavy atom. The number of amides is 2. The van der Waals surface area contributed by atoms with Crippen molar-refractivity contribution < 1.29 is 9.59 Å². The highest BCUT2D eigenvalue weighted by Gasteiger charge is 2.34. The highest BCUT2D eigenvalue weighted by atomic mass is 16.2. The van der Waals surface area contributed by atoms with E-state index in [0.29, 0.717) is 32.1 Å². The van der Waals surface area contributed by atoms with Crippen LogP contribution in [0.2, 0.25) is 0 Å². The lowest BCUT2D eigenvalue weighted by molar-refractivity contribution is -0.145. The second kappa shape index (κ2) is 14.7. The standard InChI is InChI=1S/C37H41N5O2/c1-28-9-10-30(26-39-28)13-16-36(43)42(27-31-11-14-32(15-12-31)33-17-21-38-22-18-33)35(25-29-7-5-4-6-8-29)37(44)41-23-19-34(20-24-41)40(2)3/h4-18,21-22,26,34-35H,19-20,23-25,27H2,1-3H3. The Kier molecular flexibility index (Phi) is 10.3. The second-order valence-electron chi connectivity index (χ2n) is 11.7. The minimum absolute atomic E-state index is 0.00165. The molecule has 1 saturated heterocycles. The van der Waals surface area contributed by atoms with Gasteiger partial charge in [-0.25, -0.2) is 0 Å². The average Bonchev–Trinajstić information content (AvgIpc) is 3.07. The minimum Gasteiger partial charge on any atom is -0.341 e. The number of likely N-dealkylation sites (tertiary alicyclic amines) is 1. The monoisotopic (exact) mass is 587 g/mol. The first-order valence-electron chi connectivity index (χ1n) is 15.3. The van der Waals surface area contributed by atoms with Gasteiger partial charge in [0.2, 0.25) is 11.8 Å². The molecule has 0 bridgehead atoms. The Morgan fingerprint density at radius 3 is 2.20 bits per heavy atom. The van der Waals surface area contributed by atoms with Crippen LogP contribution in [0.3, 0.4) is 0 Å². The highest BCUT2D eigenvalue weighted by Crippen LogP contribution is 2.23. The van der Waals surface area contributed by atoms with Crippen LogP contribution in [0.4, 0.5) is 0 Å². The fourth-order valence-electron chi connectivity index (χ4n) is 5.71. The summed E-state index contributed by atoms with van der Waals surface area (Å²) in [6.07, 6.45) is 10.9. The summed E-state index contributed by atoms with van der Waals surface area (Å²) < 4.78 is 0. The van der Waals surface area contributed by atoms with Gasteiger partial charge in [-0.3, -0.25) is 19.6 Å². The topological polar surface area (TPSA) is 69.6 Å². The largest absolute Gasteiger partial charge is 0.341 e. The Balaban J connectivity index is 1.46. The van der Waals surface area contributed by atoms with Gasteiger partial charge in [-0.2, -0.15) is 0 Å². The summed E-state index contributed by atoms with van der Waals surface area (Å²) in [6, 6.07) is 25.8. The summed E-state index contributed by atoms with van der Waals surface area (Å²) in [6.45, 7) is 3.60. The molecule has 0 radical (unpaired) electrons. The van der Waals surface area contributed by atoms with Crippen LogP contribution in [0.1, 0.15) is 35.2 Å². The van der Waals surface area contributed by atoms with E-state index in [-0.39, 0.29) is 11.8 Å². The SMILES string of the molecule is Cc1ccc(C=CC(=O)N(Cc2ccc(-c3ccncc3)cc2)C(Cc2ccccc2)C(=O)N2CCC(N(C)C)CC2)cn1. The van der Waals surface area contributed by atoms with Crippen molar-refractivity contribution in [3.8, 4) is 11.1 Å². The molecule has 7 heteroatoms. The molecule has 3 heterocycles. The Labute approximate surface area is 260 Å². The first kappa shape index (κ1) is 30.8. The minimum atomic E-state index is -0.651. The van der Waals surface area contributed by atoms with E-state index in [1.54, 1.807) is 35.6 Å². The van der Waals surface area contributed by atoms with E-state index in [1.165, 1.54) is 0 Å². The lowest BCUT2D eigenvalue weighted by atomic mass is 9.98. The smallest absolute Gasteiger partial charge is 0.247 e. The molecule has 2 aromatic carbocycles. The second-order valence-corrected chi connectivity index (χ2v) is 11.7. The maximum absolute atomic E-state index is 14.3. The zero-order valence-electron chi connectivity index (χ0n) is 25.8. The van der Waals surface area contributed by atoms with Crippen LogP contribution in [0.25, 0.3) is 17.2 Å². The van der Waals surface area contributed by atoms with Gasteiger partial charge in [-0.15, -0.1) is 0 Å². The number of pyridine rings is 2. The first-order chi connectivity index (χ1) is 21.4. The van der Waals surface area contributed by atoms with Crippen molar-refractivity contribution in [3.63, 3.8) is 0 Å². The molecule has 1 atom stereocenters. The fraction of sp³-hybridized carbons (Fsp3) is 0.297. The molecule has 0 saturated carbocycles. The van der Waals surface area contributed by atoms with Gasteiger partial charge < -0.3 is 14.7 Å². The maximum Gasteiger partial charge on any atom is 0.247 e. The Morgan fingerprint density at radius 1 is 0.886 bits per heavy atom. The molecule has 1 unspecified atom stereocenters. The molecule has 2 aromatic heterocycles. The number of hydrogen-bond donors (Lipinski definition) is 0. The molecule has 1 aliphatic heterocycles. The summed E-state index contributed by atoms with van der Waals surface area (Å²) in [5.41, 5.74) is 5.87. The van der Waals surface area contributed by atoms with E-state index >= 15 is 0 Å². The highest BCUT2D eigenvalue weighted by molar-refractivity contribution is 5.95. The third-order valence-electron chi connectivity index (χ3n) is 8.40. The van der Waals surface area contributed by atoms with Crippen LogP contribution in [0.15, 0.2) is 104 Å². The molecule has 1 aliphatic rings. The molecule has 226 valence electrons. The van der Waals surface area contributed by atoms with Crippen LogP contribution >= 0.6 is 0 Å². The summed E-state index contributed by atoms with van der Waals surface area (Å²) >= 11 is 0. The Hall–Kier alpha value is -4.62. The van der Waals surface area contributed by atoms with Gasteiger partial charge in [0.25, 0.3) is 0 Å². The van der Waals surface area contributed by atoms with Gasteiger partial charge in [0.1, 0.15) is 6.04 Å². The third-order valence-corrected chi connectivity index (χ3v) is 8.40. The molecular weight excluding hydrogens is 546 g/mol. The summed E-state index contributed by atoms with van der Waals surface area (Å²) in [7, 11) is 4.19. The van der Waals surface area contributed by atoms with Gasteiger partial charge in [-0.05, 0) is 86.0 Å². The predicted octanol–water partition coefficient (Wildman–Crippen LogP) is 5.66. The molecule has 0 N–H and O–H groups in total. The van der Waals surface area contributed by atoms with E-state index in [1.807, 2.05) is 78.6 Å². The van der Waals surface area contributed by atoms with E-state index in [4.69, 9.17) is 0 Å². The van der Waals surface area contributed by atoms with Crippen LogP contribution in [0.5, 0.6) is 0 Å². The number of carbonyl (C=O) groups is 2. The van der Waals surface area contributed by atoms with Crippen LogP contribution in [-0.2, 0) is 22.6 Å². The molecule has 1 fully saturated rings. The summed E-state index contributed by atoms with van der Waals surface area (Å²) in [5.74, 6) is -0.209. The van der Waals surface area contributed by atoms with Gasteiger partial charge >= 0.3 is 0 Å². The number of hydrogen-bond acceptors (Lipinski definition) is 5. The molecular formula is C37H41N5O2. The number of benzene rings is 2. The molecule has 2 amide bonds. The van der Waals surface area contributed by atoms with E-state index in [9.17, 15) is 9.59 Å². The number of aromatic nitrogens is 2. The van der Waals surface area contributed by atoms with E-state index < -0.39 is 6.04 Å². The third kappa shape index (κ3) is 8.05. The van der Waals surface area contributed by atoms with Crippen molar-refractivity contribution in [1.82, 2.24) is 24.7 Å². The Bertz CT molecular complexity index is 1530. The van der Waals surface area contributed by atoms with E-state index in [0.717, 1.165) is 46.4 Å². The van der Waals surface area contributed by atoms with Crippen LogP contribution < -0.4 is 0 Å². The molecule has 0 spiro atoms. The quantitative estimate of drug-likeness (QED) is 0.224. The van der Waals surface area contributed by atoms with Gasteiger partial charge in [0.05, 0.1) is 0 Å². The van der Waals surface area contributed by atoms with Crippen molar-refractivity contribution in [2.75, 3.05) is 27.2 Å². The van der Waals surface area contributed by atoms with Crippen LogP contribution in [-0.4, -0.2) is 75.8 Å². The number of rotatable bonds is 10. The van der Waals surface area contributed by atoms with Crippen LogP contribution in [0, 0.1) is 6.92 Å². The van der Waals surface area contributed by atoms with Crippen molar-refractivity contribution in [1.29, 1.82) is 0 Å². The van der Waals surface area contributed by atoms with Gasteiger partial charge in [0.15, 0.2) is 0 Å². The maximum atomic E-state index is 14.3. The first-order valence-corrected chi connectivity index (χ1v) is 15.3. The zero-order chi connectivity index (χ0) is 30.9. The molecule has 7 nitrogen and oxygen atoms in total. The molecule has 44 heavy (non-hydrogen) atoms. The molecule has 0 aliphatic carbocycles. The van der Waals surface area contributed by atoms with Crippen molar-refractivity contribution in [3.05, 3.63) is 126 Å². The molecule has 4 aromatic rings. The normalized spacial score (nSPS) is 14.6. The number of piperidine rings is 1. The number of aryl methyl sites for hydroxylation is 1. The lowest BCUT2D eigenvalue weighted by Gasteiger charge is -2.39. The number of carbonyl (C=O) groups excluding carboxylic acids is 2. The predicted molar refractivity (Wildman–Crippen MR) is 175 cm³/mol. The fourth-order valence-corrected chi connectivity index (χ4v) is 5.71. The average molecular weight is 588 g/mol. The zero-order valence-corrected chi connectivity index (χ0v) is 25.8. The van der Waals surface area contributed by atoms with Crippen molar-refractivity contribution >= 4 is 17.9 Å². The lowest BCUT2D eigenvalue weighted by Crippen LogP contribution is -2.54. The molecule has 5 rings (SSSR count). The van der Waals surface area contributed by atoms with E-state index in [2.05, 4.69) is 41.1 Å². The summed E-state index contributed by atoms with van der Waals surface area (Å²) in [5, 5.41) is 0. The van der Waals surface area contributed by atoms with Crippen molar-refractivity contribution in [2.45, 2.75) is 44.8 Å². The van der Waals surface area contributed by atoms with Crippen molar-refractivity contribution in [2.24, 2.45) is 0 Å².